The van der Waals surface area contributed by atoms with Crippen molar-refractivity contribution in [1.82, 2.24) is 0 Å². The Balaban J connectivity index is 2.22. The summed E-state index contributed by atoms with van der Waals surface area (Å²) < 4.78 is 5.22. The topological polar surface area (TPSA) is 69.4 Å². The van der Waals surface area contributed by atoms with Crippen LogP contribution in [0, 0.1) is 0 Å². The molecule has 2 atom stereocenters. The predicted molar refractivity (Wildman–Crippen MR) is 104 cm³/mol. The van der Waals surface area contributed by atoms with Crippen molar-refractivity contribution in [3.63, 3.8) is 0 Å². The van der Waals surface area contributed by atoms with Crippen molar-refractivity contribution >= 4 is 12.3 Å². The molecule has 0 saturated carbocycles. The van der Waals surface area contributed by atoms with Gasteiger partial charge in [-0.1, -0.05) is 72.8 Å². The first-order chi connectivity index (χ1) is 13.1. The van der Waals surface area contributed by atoms with E-state index >= 15 is 0 Å². The van der Waals surface area contributed by atoms with Crippen LogP contribution in [0.15, 0.2) is 84.9 Å². The van der Waals surface area contributed by atoms with Gasteiger partial charge in [0, 0.05) is 6.92 Å². The molecule has 136 valence electrons. The molecule has 0 aliphatic rings. The van der Waals surface area contributed by atoms with E-state index in [0.29, 0.717) is 11.3 Å². The van der Waals surface area contributed by atoms with E-state index in [9.17, 15) is 9.59 Å². The zero-order valence-corrected chi connectivity index (χ0v) is 15.0. The van der Waals surface area contributed by atoms with Crippen molar-refractivity contribution in [2.24, 2.45) is 5.73 Å². The molecule has 0 bridgehead atoms. The standard InChI is InChI=1S/C23H21NO3/c1-17(26)27-21-14-8-13-20(15-21)23(16-25,19-11-6-3-7-12-19)22(24)18-9-4-2-5-10-18/h2-16,22H,24H2,1H3. The van der Waals surface area contributed by atoms with Gasteiger partial charge in [0.2, 0.25) is 0 Å². The van der Waals surface area contributed by atoms with Crippen molar-refractivity contribution < 1.29 is 14.3 Å². The van der Waals surface area contributed by atoms with Crippen LogP contribution in [0.1, 0.15) is 29.7 Å². The van der Waals surface area contributed by atoms with Crippen LogP contribution in [-0.4, -0.2) is 12.3 Å². The third-order valence-electron chi connectivity index (χ3n) is 4.66. The van der Waals surface area contributed by atoms with Crippen LogP contribution in [0.2, 0.25) is 0 Å². The average molecular weight is 359 g/mol. The van der Waals surface area contributed by atoms with E-state index in [1.165, 1.54) is 6.92 Å². The second kappa shape index (κ2) is 7.98. The molecule has 0 spiro atoms. The van der Waals surface area contributed by atoms with Crippen molar-refractivity contribution in [2.75, 3.05) is 0 Å². The van der Waals surface area contributed by atoms with Gasteiger partial charge in [-0.25, -0.2) is 0 Å². The van der Waals surface area contributed by atoms with Gasteiger partial charge in [0.25, 0.3) is 0 Å². The Morgan fingerprint density at radius 1 is 0.926 bits per heavy atom. The largest absolute Gasteiger partial charge is 0.427 e. The highest BCUT2D eigenvalue weighted by Crippen LogP contribution is 2.41. The number of carbonyl (C=O) groups is 2. The van der Waals surface area contributed by atoms with Crippen molar-refractivity contribution in [3.8, 4) is 5.75 Å². The quantitative estimate of drug-likeness (QED) is 0.413. The van der Waals surface area contributed by atoms with E-state index in [4.69, 9.17) is 10.5 Å². The Morgan fingerprint density at radius 2 is 1.52 bits per heavy atom. The highest BCUT2D eigenvalue weighted by Gasteiger charge is 2.41. The first-order valence-corrected chi connectivity index (χ1v) is 8.69. The molecule has 2 unspecified atom stereocenters. The highest BCUT2D eigenvalue weighted by atomic mass is 16.5. The summed E-state index contributed by atoms with van der Waals surface area (Å²) in [7, 11) is 0. The third kappa shape index (κ3) is 3.66. The lowest BCUT2D eigenvalue weighted by atomic mass is 9.68. The van der Waals surface area contributed by atoms with E-state index in [1.807, 2.05) is 66.7 Å². The second-order valence-electron chi connectivity index (χ2n) is 6.36. The van der Waals surface area contributed by atoms with Crippen molar-refractivity contribution in [2.45, 2.75) is 18.4 Å². The number of nitrogens with two attached hydrogens (primary N) is 1. The molecule has 0 amide bonds. The fourth-order valence-electron chi connectivity index (χ4n) is 3.36. The van der Waals surface area contributed by atoms with Crippen molar-refractivity contribution in [1.29, 1.82) is 0 Å². The number of hydrogen-bond acceptors (Lipinski definition) is 4. The van der Waals surface area contributed by atoms with Crippen LogP contribution in [-0.2, 0) is 15.0 Å². The molecular weight excluding hydrogens is 338 g/mol. The summed E-state index contributed by atoms with van der Waals surface area (Å²) in [6.45, 7) is 1.34. The molecule has 27 heavy (non-hydrogen) atoms. The van der Waals surface area contributed by atoms with E-state index < -0.39 is 17.4 Å². The van der Waals surface area contributed by atoms with Gasteiger partial charge >= 0.3 is 5.97 Å². The molecule has 2 N–H and O–H groups in total. The number of esters is 1. The molecule has 3 aromatic carbocycles. The first-order valence-electron chi connectivity index (χ1n) is 8.69. The minimum atomic E-state index is -1.13. The Bertz CT molecular complexity index is 925. The molecule has 4 heteroatoms. The maximum absolute atomic E-state index is 12.6. The maximum Gasteiger partial charge on any atom is 0.308 e. The lowest BCUT2D eigenvalue weighted by Gasteiger charge is -2.35. The van der Waals surface area contributed by atoms with E-state index in [2.05, 4.69) is 0 Å². The molecule has 0 saturated heterocycles. The molecule has 0 aliphatic heterocycles. The van der Waals surface area contributed by atoms with Crippen LogP contribution < -0.4 is 10.5 Å². The molecule has 0 radical (unpaired) electrons. The predicted octanol–water partition coefficient (Wildman–Crippen LogP) is 3.80. The summed E-state index contributed by atoms with van der Waals surface area (Å²) in [6, 6.07) is 25.3. The van der Waals surface area contributed by atoms with Crippen LogP contribution in [0.4, 0.5) is 0 Å². The van der Waals surface area contributed by atoms with Crippen LogP contribution in [0.25, 0.3) is 0 Å². The van der Waals surface area contributed by atoms with E-state index in [-0.39, 0.29) is 0 Å². The van der Waals surface area contributed by atoms with Gasteiger partial charge in [0.1, 0.15) is 12.0 Å². The summed E-state index contributed by atoms with van der Waals surface area (Å²) in [4.78, 5) is 23.9. The lowest BCUT2D eigenvalue weighted by Crippen LogP contribution is -2.41. The number of ether oxygens (including phenoxy) is 1. The molecule has 3 rings (SSSR count). The zero-order chi connectivity index (χ0) is 19.3. The minimum absolute atomic E-state index is 0.377. The molecular formula is C23H21NO3. The van der Waals surface area contributed by atoms with Gasteiger partial charge in [0.15, 0.2) is 0 Å². The Labute approximate surface area is 158 Å². The lowest BCUT2D eigenvalue weighted by molar-refractivity contribution is -0.131. The summed E-state index contributed by atoms with van der Waals surface area (Å²) in [6.07, 6.45) is 0.882. The molecule has 3 aromatic rings. The molecule has 0 aromatic heterocycles. The molecule has 0 aliphatic carbocycles. The van der Waals surface area contributed by atoms with Crippen molar-refractivity contribution in [3.05, 3.63) is 102 Å². The zero-order valence-electron chi connectivity index (χ0n) is 15.0. The molecule has 0 heterocycles. The van der Waals surface area contributed by atoms with Crippen LogP contribution in [0.3, 0.4) is 0 Å². The summed E-state index contributed by atoms with van der Waals surface area (Å²) in [5.74, 6) is -0.0432. The highest BCUT2D eigenvalue weighted by molar-refractivity contribution is 5.78. The first kappa shape index (κ1) is 18.5. The number of benzene rings is 3. The fourth-order valence-corrected chi connectivity index (χ4v) is 3.36. The van der Waals surface area contributed by atoms with Crippen LogP contribution >= 0.6 is 0 Å². The number of hydrogen-bond donors (Lipinski definition) is 1. The Kier molecular flexibility index (Phi) is 5.48. The maximum atomic E-state index is 12.6. The smallest absolute Gasteiger partial charge is 0.308 e. The molecule has 4 nitrogen and oxygen atoms in total. The van der Waals surface area contributed by atoms with Gasteiger partial charge in [-0.05, 0) is 28.8 Å². The van der Waals surface area contributed by atoms with Gasteiger partial charge in [-0.15, -0.1) is 0 Å². The average Bonchev–Trinajstić information content (AvgIpc) is 2.70. The Morgan fingerprint density at radius 3 is 2.11 bits per heavy atom. The minimum Gasteiger partial charge on any atom is -0.427 e. The second-order valence-corrected chi connectivity index (χ2v) is 6.36. The number of rotatable bonds is 6. The Hall–Kier alpha value is -3.24. The van der Waals surface area contributed by atoms with Gasteiger partial charge in [-0.3, -0.25) is 4.79 Å². The van der Waals surface area contributed by atoms with Gasteiger partial charge < -0.3 is 15.3 Å². The monoisotopic (exact) mass is 359 g/mol. The third-order valence-corrected chi connectivity index (χ3v) is 4.66. The summed E-state index contributed by atoms with van der Waals surface area (Å²) >= 11 is 0. The fraction of sp³-hybridized carbons (Fsp3) is 0.130. The normalized spacial score (nSPS) is 14.0. The van der Waals surface area contributed by atoms with Gasteiger partial charge in [0.05, 0.1) is 11.5 Å². The van der Waals surface area contributed by atoms with E-state index in [0.717, 1.165) is 17.4 Å². The number of carbonyl (C=O) groups excluding carboxylic acids is 2. The SMILES string of the molecule is CC(=O)Oc1cccc(C(C=O)(c2ccccc2)C(N)c2ccccc2)c1. The summed E-state index contributed by atoms with van der Waals surface area (Å²) in [5, 5.41) is 0. The number of aldehydes is 1. The summed E-state index contributed by atoms with van der Waals surface area (Å²) in [5.41, 5.74) is 7.81. The van der Waals surface area contributed by atoms with Crippen LogP contribution in [0.5, 0.6) is 5.75 Å². The molecule has 0 fully saturated rings. The van der Waals surface area contributed by atoms with E-state index in [1.54, 1.807) is 18.2 Å². The van der Waals surface area contributed by atoms with Gasteiger partial charge in [-0.2, -0.15) is 0 Å².